The molecule has 2 N–H and O–H groups in total. The van der Waals surface area contributed by atoms with Crippen LogP contribution < -0.4 is 10.6 Å². The molecule has 0 aliphatic heterocycles. The minimum absolute atomic E-state index is 0.0417. The van der Waals surface area contributed by atoms with E-state index in [0.717, 1.165) is 11.1 Å². The van der Waals surface area contributed by atoms with Crippen molar-refractivity contribution >= 4 is 29.4 Å². The third-order valence-electron chi connectivity index (χ3n) is 4.57. The molecular weight excluding hydrogens is 398 g/mol. The fraction of sp³-hybridized carbons (Fsp3) is 0.261. The molecule has 0 aliphatic carbocycles. The molecule has 1 atom stereocenters. The van der Waals surface area contributed by atoms with Crippen LogP contribution in [0.3, 0.4) is 0 Å². The molecule has 30 heavy (non-hydrogen) atoms. The van der Waals surface area contributed by atoms with Crippen LogP contribution in [-0.4, -0.2) is 34.5 Å². The summed E-state index contributed by atoms with van der Waals surface area (Å²) in [5.74, 6) is 1.08. The summed E-state index contributed by atoms with van der Waals surface area (Å²) in [6.45, 7) is 3.76. The Morgan fingerprint density at radius 3 is 2.07 bits per heavy atom. The Kier molecular flexibility index (Phi) is 7.68. The maximum atomic E-state index is 12.5. The van der Waals surface area contributed by atoms with Gasteiger partial charge in [0.2, 0.25) is 11.8 Å². The van der Waals surface area contributed by atoms with Crippen LogP contribution in [0.4, 0.5) is 5.82 Å². The molecule has 6 nitrogen and oxygen atoms in total. The van der Waals surface area contributed by atoms with Gasteiger partial charge in [0.15, 0.2) is 5.82 Å². The Labute approximate surface area is 180 Å². The van der Waals surface area contributed by atoms with Crippen LogP contribution in [-0.2, 0) is 9.59 Å². The van der Waals surface area contributed by atoms with Crippen LogP contribution >= 0.6 is 11.8 Å². The van der Waals surface area contributed by atoms with Crippen LogP contribution in [0.25, 0.3) is 0 Å². The molecule has 1 heterocycles. The topological polar surface area (TPSA) is 84.2 Å². The van der Waals surface area contributed by atoms with Gasteiger partial charge in [0, 0.05) is 18.0 Å². The second-order valence-corrected chi connectivity index (χ2v) is 8.00. The monoisotopic (exact) mass is 423 g/mol. The molecule has 3 aromatic rings. The number of nitrogens with zero attached hydrogens (tertiary/aromatic N) is 1. The van der Waals surface area contributed by atoms with Crippen LogP contribution in [0.2, 0.25) is 0 Å². The SMILES string of the molecule is Cc1cc(NC(=O)CSCC(=O)N[C@@H](C)C(c2ccccc2)c2ccccc2)no1. The molecule has 2 aromatic carbocycles. The highest BCUT2D eigenvalue weighted by atomic mass is 32.2. The van der Waals surface area contributed by atoms with Crippen LogP contribution in [0.1, 0.15) is 29.7 Å². The second kappa shape index (κ2) is 10.6. The standard InChI is InChI=1S/C23H25N3O3S/c1-16-13-20(26-29-16)25-22(28)15-30-14-21(27)24-17(2)23(18-9-5-3-6-10-18)19-11-7-4-8-12-19/h3-13,17,23H,14-15H2,1-2H3,(H,24,27)(H,25,26,28)/t17-/m0/s1. The molecule has 0 spiro atoms. The van der Waals surface area contributed by atoms with Gasteiger partial charge in [0.25, 0.3) is 0 Å². The first-order chi connectivity index (χ1) is 14.5. The predicted octanol–water partition coefficient (Wildman–Crippen LogP) is 3.99. The Bertz CT molecular complexity index is 921. The minimum Gasteiger partial charge on any atom is -0.360 e. The zero-order valence-corrected chi connectivity index (χ0v) is 17.8. The summed E-state index contributed by atoms with van der Waals surface area (Å²) in [6.07, 6.45) is 0. The van der Waals surface area contributed by atoms with Crippen molar-refractivity contribution in [1.29, 1.82) is 0 Å². The first-order valence-corrected chi connectivity index (χ1v) is 10.9. The number of aromatic nitrogens is 1. The third-order valence-corrected chi connectivity index (χ3v) is 5.50. The lowest BCUT2D eigenvalue weighted by atomic mass is 9.86. The quantitative estimate of drug-likeness (QED) is 0.544. The van der Waals surface area contributed by atoms with E-state index >= 15 is 0 Å². The van der Waals surface area contributed by atoms with E-state index < -0.39 is 0 Å². The summed E-state index contributed by atoms with van der Waals surface area (Å²) in [5, 5.41) is 9.45. The predicted molar refractivity (Wildman–Crippen MR) is 120 cm³/mol. The van der Waals surface area contributed by atoms with Crippen molar-refractivity contribution in [3.63, 3.8) is 0 Å². The molecule has 3 rings (SSSR count). The summed E-state index contributed by atoms with van der Waals surface area (Å²) in [6, 6.07) is 21.8. The molecule has 0 bridgehead atoms. The number of amides is 2. The molecule has 0 unspecified atom stereocenters. The summed E-state index contributed by atoms with van der Waals surface area (Å²) in [4.78, 5) is 24.4. The van der Waals surface area contributed by atoms with Crippen molar-refractivity contribution in [2.24, 2.45) is 0 Å². The first kappa shape index (κ1) is 21.6. The normalized spacial score (nSPS) is 11.8. The number of carbonyl (C=O) groups excluding carboxylic acids is 2. The number of aryl methyl sites for hydroxylation is 1. The van der Waals surface area contributed by atoms with E-state index in [2.05, 4.69) is 40.1 Å². The Morgan fingerprint density at radius 1 is 0.967 bits per heavy atom. The van der Waals surface area contributed by atoms with Gasteiger partial charge in [0.05, 0.1) is 11.5 Å². The van der Waals surface area contributed by atoms with E-state index in [9.17, 15) is 9.59 Å². The fourth-order valence-electron chi connectivity index (χ4n) is 3.31. The molecule has 0 saturated heterocycles. The molecule has 1 aromatic heterocycles. The van der Waals surface area contributed by atoms with Gasteiger partial charge in [-0.3, -0.25) is 9.59 Å². The van der Waals surface area contributed by atoms with Gasteiger partial charge in [-0.15, -0.1) is 11.8 Å². The number of hydrogen-bond donors (Lipinski definition) is 2. The molecule has 7 heteroatoms. The number of carbonyl (C=O) groups is 2. The molecule has 2 amide bonds. The number of hydrogen-bond acceptors (Lipinski definition) is 5. The van der Waals surface area contributed by atoms with Gasteiger partial charge >= 0.3 is 0 Å². The largest absolute Gasteiger partial charge is 0.360 e. The zero-order chi connectivity index (χ0) is 21.3. The van der Waals surface area contributed by atoms with E-state index in [4.69, 9.17) is 4.52 Å². The number of anilines is 1. The number of nitrogens with one attached hydrogen (secondary N) is 2. The van der Waals surface area contributed by atoms with E-state index in [1.165, 1.54) is 11.8 Å². The molecule has 0 aliphatic rings. The molecule has 0 saturated carbocycles. The zero-order valence-electron chi connectivity index (χ0n) is 17.0. The molecule has 156 valence electrons. The van der Waals surface area contributed by atoms with Crippen LogP contribution in [0.5, 0.6) is 0 Å². The lowest BCUT2D eigenvalue weighted by Crippen LogP contribution is -2.38. The minimum atomic E-state index is -0.222. The number of thioether (sulfide) groups is 1. The number of benzene rings is 2. The highest BCUT2D eigenvalue weighted by molar-refractivity contribution is 8.00. The second-order valence-electron chi connectivity index (χ2n) is 7.02. The summed E-state index contributed by atoms with van der Waals surface area (Å²) in [7, 11) is 0. The van der Waals surface area contributed by atoms with E-state index in [1.54, 1.807) is 13.0 Å². The molecular formula is C23H25N3O3S. The van der Waals surface area contributed by atoms with Gasteiger partial charge in [-0.1, -0.05) is 65.8 Å². The smallest absolute Gasteiger partial charge is 0.235 e. The van der Waals surface area contributed by atoms with Crippen molar-refractivity contribution in [2.45, 2.75) is 25.8 Å². The van der Waals surface area contributed by atoms with Crippen molar-refractivity contribution < 1.29 is 14.1 Å². The van der Waals surface area contributed by atoms with Crippen molar-refractivity contribution in [3.05, 3.63) is 83.6 Å². The lowest BCUT2D eigenvalue weighted by Gasteiger charge is -2.26. The fourth-order valence-corrected chi connectivity index (χ4v) is 3.94. The maximum absolute atomic E-state index is 12.5. The van der Waals surface area contributed by atoms with E-state index in [1.807, 2.05) is 43.3 Å². The number of rotatable bonds is 9. The first-order valence-electron chi connectivity index (χ1n) is 9.73. The highest BCUT2D eigenvalue weighted by Crippen LogP contribution is 2.28. The average molecular weight is 424 g/mol. The van der Waals surface area contributed by atoms with Crippen molar-refractivity contribution in [2.75, 3.05) is 16.8 Å². The third kappa shape index (κ3) is 6.22. The molecule has 0 fully saturated rings. The average Bonchev–Trinajstić information content (AvgIpc) is 3.14. The summed E-state index contributed by atoms with van der Waals surface area (Å²) >= 11 is 1.26. The maximum Gasteiger partial charge on any atom is 0.235 e. The van der Waals surface area contributed by atoms with Gasteiger partial charge in [0.1, 0.15) is 5.76 Å². The van der Waals surface area contributed by atoms with Gasteiger partial charge in [-0.25, -0.2) is 0 Å². The summed E-state index contributed by atoms with van der Waals surface area (Å²) < 4.78 is 4.91. The van der Waals surface area contributed by atoms with E-state index in [0.29, 0.717) is 11.6 Å². The summed E-state index contributed by atoms with van der Waals surface area (Å²) in [5.41, 5.74) is 2.29. The lowest BCUT2D eigenvalue weighted by molar-refractivity contribution is -0.119. The Balaban J connectivity index is 1.53. The van der Waals surface area contributed by atoms with Gasteiger partial charge in [-0.05, 0) is 25.0 Å². The van der Waals surface area contributed by atoms with Crippen molar-refractivity contribution in [1.82, 2.24) is 10.5 Å². The van der Waals surface area contributed by atoms with E-state index in [-0.39, 0.29) is 35.3 Å². The van der Waals surface area contributed by atoms with Crippen LogP contribution in [0, 0.1) is 6.92 Å². The Morgan fingerprint density at radius 2 is 1.53 bits per heavy atom. The Hall–Kier alpha value is -3.06. The van der Waals surface area contributed by atoms with Gasteiger partial charge in [-0.2, -0.15) is 0 Å². The highest BCUT2D eigenvalue weighted by Gasteiger charge is 2.22. The van der Waals surface area contributed by atoms with Crippen LogP contribution in [0.15, 0.2) is 71.3 Å². The van der Waals surface area contributed by atoms with Gasteiger partial charge < -0.3 is 15.2 Å². The van der Waals surface area contributed by atoms with Crippen molar-refractivity contribution in [3.8, 4) is 0 Å². The molecule has 0 radical (unpaired) electrons.